The molecule has 0 bridgehead atoms. The maximum Gasteiger partial charge on any atom is 0.336 e. The summed E-state index contributed by atoms with van der Waals surface area (Å²) in [5.41, 5.74) is 3.91. The van der Waals surface area contributed by atoms with Crippen LogP contribution in [0.1, 0.15) is 34.1 Å². The number of aliphatic carboxylic acids is 1. The molecular weight excluding hydrogens is 152 g/mol. The van der Waals surface area contributed by atoms with Crippen LogP contribution in [0.15, 0.2) is 17.4 Å². The highest BCUT2D eigenvalue weighted by Crippen LogP contribution is 2.22. The highest BCUT2D eigenvalue weighted by molar-refractivity contribution is 5.79. The maximum absolute atomic E-state index is 10.1. The molecule has 0 spiro atoms. The van der Waals surface area contributed by atoms with E-state index in [1.165, 1.54) is 0 Å². The molecule has 2 heteroatoms. The topological polar surface area (TPSA) is 37.3 Å². The maximum atomic E-state index is 10.1. The summed E-state index contributed by atoms with van der Waals surface area (Å²) >= 11 is 0. The number of carboxylic acid groups (broad SMARTS) is 1. The number of carboxylic acids is 1. The third-order valence-electron chi connectivity index (χ3n) is 1.24. The molecule has 0 amide bonds. The van der Waals surface area contributed by atoms with Crippen molar-refractivity contribution < 1.29 is 9.90 Å². The average molecular weight is 168 g/mol. The van der Waals surface area contributed by atoms with Crippen molar-refractivity contribution in [2.75, 3.05) is 0 Å². The van der Waals surface area contributed by atoms with Gasteiger partial charge in [-0.2, -0.15) is 0 Å². The van der Waals surface area contributed by atoms with Crippen LogP contribution < -0.4 is 0 Å². The molecule has 1 N–H and O–H groups in total. The van der Waals surface area contributed by atoms with Crippen molar-refractivity contribution >= 4 is 5.97 Å². The Kier molecular flexibility index (Phi) is 3.78. The largest absolute Gasteiger partial charge is 0.478 e. The molecule has 0 aromatic heterocycles. The summed E-state index contributed by atoms with van der Waals surface area (Å²) < 4.78 is 0. The minimum atomic E-state index is -0.941. The molecule has 0 fully saturated rings. The van der Waals surface area contributed by atoms with E-state index in [1.54, 1.807) is 0 Å². The number of hydrogen-bond acceptors (Lipinski definition) is 1. The lowest BCUT2D eigenvalue weighted by Gasteiger charge is -2.16. The van der Waals surface area contributed by atoms with Gasteiger partial charge in [0.1, 0.15) is 0 Å². The average Bonchev–Trinajstić information content (AvgIpc) is 1.79. The lowest BCUT2D eigenvalue weighted by Crippen LogP contribution is -2.04. The fourth-order valence-electron chi connectivity index (χ4n) is 1.03. The number of hydrogen-bond donors (Lipinski definition) is 1. The summed E-state index contributed by atoms with van der Waals surface area (Å²) in [6.45, 7) is 8.22. The summed E-state index contributed by atoms with van der Waals surface area (Å²) in [5.74, 6) is -0.941. The molecule has 12 heavy (non-hydrogen) atoms. The Morgan fingerprint density at radius 1 is 1.50 bits per heavy atom. The third-order valence-corrected chi connectivity index (χ3v) is 1.24. The SMILES string of the molecule is CC(=C=CC(=O)O)CC(C)(C)C. The van der Waals surface area contributed by atoms with Gasteiger partial charge in [-0.05, 0) is 24.3 Å². The summed E-state index contributed by atoms with van der Waals surface area (Å²) in [6, 6.07) is 0. The lowest BCUT2D eigenvalue weighted by molar-refractivity contribution is -0.131. The van der Waals surface area contributed by atoms with Crippen LogP contribution in [0, 0.1) is 5.41 Å². The predicted molar refractivity (Wildman–Crippen MR) is 49.0 cm³/mol. The fourth-order valence-corrected chi connectivity index (χ4v) is 1.03. The van der Waals surface area contributed by atoms with Gasteiger partial charge < -0.3 is 5.11 Å². The first kappa shape index (κ1) is 11.0. The first-order valence-corrected chi connectivity index (χ1v) is 3.96. The zero-order valence-electron chi connectivity index (χ0n) is 8.14. The molecular formula is C10H16O2. The van der Waals surface area contributed by atoms with E-state index in [4.69, 9.17) is 5.11 Å². The molecule has 0 aliphatic heterocycles. The smallest absolute Gasteiger partial charge is 0.336 e. The van der Waals surface area contributed by atoms with Crippen molar-refractivity contribution in [2.45, 2.75) is 34.1 Å². The van der Waals surface area contributed by atoms with Gasteiger partial charge in [0.05, 0.1) is 6.08 Å². The Hall–Kier alpha value is -1.01. The summed E-state index contributed by atoms with van der Waals surface area (Å²) in [5, 5.41) is 8.33. The molecule has 0 aliphatic rings. The van der Waals surface area contributed by atoms with E-state index in [0.717, 1.165) is 18.1 Å². The molecule has 0 heterocycles. The van der Waals surface area contributed by atoms with E-state index < -0.39 is 5.97 Å². The zero-order chi connectivity index (χ0) is 9.78. The van der Waals surface area contributed by atoms with E-state index >= 15 is 0 Å². The van der Waals surface area contributed by atoms with Crippen LogP contribution in [0.3, 0.4) is 0 Å². The van der Waals surface area contributed by atoms with Crippen LogP contribution in [0.2, 0.25) is 0 Å². The first-order valence-electron chi connectivity index (χ1n) is 3.96. The van der Waals surface area contributed by atoms with Gasteiger partial charge >= 0.3 is 5.97 Å². The Bertz CT molecular complexity index is 225. The summed E-state index contributed by atoms with van der Waals surface area (Å²) in [6.07, 6.45) is 1.93. The summed E-state index contributed by atoms with van der Waals surface area (Å²) in [7, 11) is 0. The third kappa shape index (κ3) is 7.10. The molecule has 0 aromatic rings. The Balaban J connectivity index is 4.31. The minimum Gasteiger partial charge on any atom is -0.478 e. The fraction of sp³-hybridized carbons (Fsp3) is 0.600. The van der Waals surface area contributed by atoms with Crippen LogP contribution in [0.25, 0.3) is 0 Å². The van der Waals surface area contributed by atoms with E-state index in [-0.39, 0.29) is 5.41 Å². The molecule has 0 saturated carbocycles. The van der Waals surface area contributed by atoms with Crippen LogP contribution in [-0.4, -0.2) is 11.1 Å². The first-order chi connectivity index (χ1) is 5.31. The van der Waals surface area contributed by atoms with Crippen LogP contribution >= 0.6 is 0 Å². The van der Waals surface area contributed by atoms with Gasteiger partial charge in [-0.3, -0.25) is 0 Å². The monoisotopic (exact) mass is 168 g/mol. The van der Waals surface area contributed by atoms with Crippen molar-refractivity contribution in [3.05, 3.63) is 17.4 Å². The highest BCUT2D eigenvalue weighted by atomic mass is 16.4. The molecule has 0 rings (SSSR count). The second kappa shape index (κ2) is 4.13. The minimum absolute atomic E-state index is 0.198. The van der Waals surface area contributed by atoms with Crippen LogP contribution in [0.5, 0.6) is 0 Å². The van der Waals surface area contributed by atoms with Crippen LogP contribution in [-0.2, 0) is 4.79 Å². The number of rotatable bonds is 2. The molecule has 0 aliphatic carbocycles. The van der Waals surface area contributed by atoms with Gasteiger partial charge in [0.25, 0.3) is 0 Å². The quantitative estimate of drug-likeness (QED) is 0.508. The predicted octanol–water partition coefficient (Wildman–Crippen LogP) is 2.61. The Morgan fingerprint density at radius 3 is 2.33 bits per heavy atom. The van der Waals surface area contributed by atoms with E-state index in [9.17, 15) is 4.79 Å². The second-order valence-corrected chi connectivity index (χ2v) is 4.14. The van der Waals surface area contributed by atoms with Gasteiger partial charge in [-0.1, -0.05) is 20.8 Å². The highest BCUT2D eigenvalue weighted by Gasteiger charge is 2.09. The Labute approximate surface area is 73.6 Å². The molecule has 68 valence electrons. The van der Waals surface area contributed by atoms with Crippen molar-refractivity contribution in [2.24, 2.45) is 5.41 Å². The van der Waals surface area contributed by atoms with E-state index in [1.807, 2.05) is 6.92 Å². The second-order valence-electron chi connectivity index (χ2n) is 4.14. The van der Waals surface area contributed by atoms with Crippen molar-refractivity contribution in [3.8, 4) is 0 Å². The molecule has 0 atom stereocenters. The van der Waals surface area contributed by atoms with Gasteiger partial charge in [-0.15, -0.1) is 5.73 Å². The standard InChI is InChI=1S/C10H16O2/c1-8(5-6-9(11)12)7-10(2,3)4/h6H,7H2,1-4H3,(H,11,12). The van der Waals surface area contributed by atoms with Crippen LogP contribution in [0.4, 0.5) is 0 Å². The lowest BCUT2D eigenvalue weighted by atomic mass is 9.89. The van der Waals surface area contributed by atoms with Gasteiger partial charge in [0, 0.05) is 0 Å². The van der Waals surface area contributed by atoms with Gasteiger partial charge in [0.2, 0.25) is 0 Å². The number of carbonyl (C=O) groups is 1. The zero-order valence-corrected chi connectivity index (χ0v) is 8.14. The molecule has 2 nitrogen and oxygen atoms in total. The van der Waals surface area contributed by atoms with Gasteiger partial charge in [-0.25, -0.2) is 4.79 Å². The van der Waals surface area contributed by atoms with E-state index in [0.29, 0.717) is 0 Å². The van der Waals surface area contributed by atoms with Crippen molar-refractivity contribution in [1.29, 1.82) is 0 Å². The Morgan fingerprint density at radius 2 is 2.00 bits per heavy atom. The molecule has 0 unspecified atom stereocenters. The summed E-state index contributed by atoms with van der Waals surface area (Å²) in [4.78, 5) is 10.1. The molecule has 0 radical (unpaired) electrons. The van der Waals surface area contributed by atoms with E-state index in [2.05, 4.69) is 26.5 Å². The van der Waals surface area contributed by atoms with Crippen molar-refractivity contribution in [1.82, 2.24) is 0 Å². The van der Waals surface area contributed by atoms with Crippen molar-refractivity contribution in [3.63, 3.8) is 0 Å². The normalized spacial score (nSPS) is 10.3. The molecule has 0 aromatic carbocycles. The van der Waals surface area contributed by atoms with Gasteiger partial charge in [0.15, 0.2) is 0 Å². The molecule has 0 saturated heterocycles.